The van der Waals surface area contributed by atoms with Crippen molar-refractivity contribution in [3.8, 4) is 5.75 Å². The van der Waals surface area contributed by atoms with Crippen LogP contribution in [0.3, 0.4) is 0 Å². The molecule has 2 aromatic rings. The molecule has 0 aliphatic carbocycles. The Morgan fingerprint density at radius 3 is 2.70 bits per heavy atom. The molecule has 1 aliphatic heterocycles. The Morgan fingerprint density at radius 2 is 2.00 bits per heavy atom. The standard InChI is InChI=1S/C19H21ClN2O4S/c1-26-18-10-9-15(20)12-17(18)22(27(2,24)25)13-19(23)21-11-5-7-14-6-3-4-8-16(14)21/h3-4,6,8-10,12H,5,7,11,13H2,1-2H3. The normalized spacial score (nSPS) is 13.8. The van der Waals surface area contributed by atoms with Crippen LogP contribution in [0.15, 0.2) is 42.5 Å². The van der Waals surface area contributed by atoms with Gasteiger partial charge in [-0.15, -0.1) is 0 Å². The number of nitrogens with zero attached hydrogens (tertiary/aromatic N) is 2. The number of benzene rings is 2. The van der Waals surface area contributed by atoms with E-state index in [-0.39, 0.29) is 18.1 Å². The van der Waals surface area contributed by atoms with E-state index < -0.39 is 10.0 Å². The number of carbonyl (C=O) groups is 1. The number of aryl methyl sites for hydroxylation is 1. The maximum atomic E-state index is 13.0. The van der Waals surface area contributed by atoms with Gasteiger partial charge in [-0.05, 0) is 42.7 Å². The van der Waals surface area contributed by atoms with Gasteiger partial charge in [-0.1, -0.05) is 29.8 Å². The van der Waals surface area contributed by atoms with Crippen LogP contribution in [0.2, 0.25) is 5.02 Å². The molecule has 0 N–H and O–H groups in total. The zero-order valence-electron chi connectivity index (χ0n) is 15.2. The van der Waals surface area contributed by atoms with E-state index in [1.54, 1.807) is 17.0 Å². The van der Waals surface area contributed by atoms with Crippen molar-refractivity contribution < 1.29 is 17.9 Å². The summed E-state index contributed by atoms with van der Waals surface area (Å²) in [7, 11) is -2.29. The van der Waals surface area contributed by atoms with Crippen LogP contribution in [0.5, 0.6) is 5.75 Å². The van der Waals surface area contributed by atoms with Crippen LogP contribution < -0.4 is 13.9 Å². The molecule has 0 fully saturated rings. The number of para-hydroxylation sites is 1. The summed E-state index contributed by atoms with van der Waals surface area (Å²) in [6, 6.07) is 12.4. The molecule has 2 aromatic carbocycles. The fraction of sp³-hybridized carbons (Fsp3) is 0.316. The number of rotatable bonds is 5. The summed E-state index contributed by atoms with van der Waals surface area (Å²) in [5.74, 6) is 0.0336. The zero-order valence-corrected chi connectivity index (χ0v) is 16.8. The minimum absolute atomic E-state index is 0.242. The highest BCUT2D eigenvalue weighted by molar-refractivity contribution is 7.92. The van der Waals surface area contributed by atoms with Crippen molar-refractivity contribution in [2.75, 3.05) is 35.7 Å². The summed E-state index contributed by atoms with van der Waals surface area (Å²) >= 11 is 6.05. The first kappa shape index (κ1) is 19.5. The van der Waals surface area contributed by atoms with E-state index in [1.807, 2.05) is 24.3 Å². The maximum Gasteiger partial charge on any atom is 0.247 e. The lowest BCUT2D eigenvalue weighted by Crippen LogP contribution is -2.44. The van der Waals surface area contributed by atoms with Crippen LogP contribution in [0.25, 0.3) is 0 Å². The molecule has 0 atom stereocenters. The summed E-state index contributed by atoms with van der Waals surface area (Å²) in [5.41, 5.74) is 2.16. The lowest BCUT2D eigenvalue weighted by Gasteiger charge is -2.32. The molecule has 0 aromatic heterocycles. The summed E-state index contributed by atoms with van der Waals surface area (Å²) in [6.07, 6.45) is 2.80. The van der Waals surface area contributed by atoms with Crippen molar-refractivity contribution in [1.29, 1.82) is 0 Å². The van der Waals surface area contributed by atoms with Gasteiger partial charge in [0.2, 0.25) is 15.9 Å². The summed E-state index contributed by atoms with van der Waals surface area (Å²) in [6.45, 7) is 0.226. The van der Waals surface area contributed by atoms with Gasteiger partial charge in [-0.25, -0.2) is 8.42 Å². The second-order valence-corrected chi connectivity index (χ2v) is 8.71. The number of amides is 1. The number of ether oxygens (including phenoxy) is 1. The van der Waals surface area contributed by atoms with E-state index in [2.05, 4.69) is 0 Å². The molecular formula is C19H21ClN2O4S. The van der Waals surface area contributed by atoms with Gasteiger partial charge in [0.1, 0.15) is 12.3 Å². The maximum absolute atomic E-state index is 13.0. The van der Waals surface area contributed by atoms with Gasteiger partial charge in [0.05, 0.1) is 19.1 Å². The third-order valence-corrected chi connectivity index (χ3v) is 5.86. The minimum atomic E-state index is -3.73. The molecule has 1 heterocycles. The third kappa shape index (κ3) is 4.20. The second-order valence-electron chi connectivity index (χ2n) is 6.36. The molecule has 0 spiro atoms. The van der Waals surface area contributed by atoms with Crippen LogP contribution in [0.1, 0.15) is 12.0 Å². The van der Waals surface area contributed by atoms with Gasteiger partial charge in [-0.2, -0.15) is 0 Å². The summed E-state index contributed by atoms with van der Waals surface area (Å²) in [5, 5.41) is 0.357. The highest BCUT2D eigenvalue weighted by Crippen LogP contribution is 2.33. The minimum Gasteiger partial charge on any atom is -0.495 e. The number of carbonyl (C=O) groups excluding carboxylic acids is 1. The van der Waals surface area contributed by atoms with E-state index in [0.717, 1.165) is 34.7 Å². The van der Waals surface area contributed by atoms with E-state index in [4.69, 9.17) is 16.3 Å². The Kier molecular flexibility index (Phi) is 5.62. The Bertz CT molecular complexity index is 962. The SMILES string of the molecule is COc1ccc(Cl)cc1N(CC(=O)N1CCCc2ccccc21)S(C)(=O)=O. The molecule has 0 saturated heterocycles. The number of halogens is 1. The quantitative estimate of drug-likeness (QED) is 0.762. The first-order chi connectivity index (χ1) is 12.8. The Hall–Kier alpha value is -2.25. The van der Waals surface area contributed by atoms with Crippen LogP contribution in [-0.2, 0) is 21.2 Å². The van der Waals surface area contributed by atoms with Crippen molar-refractivity contribution >= 4 is 38.9 Å². The zero-order chi connectivity index (χ0) is 19.6. The van der Waals surface area contributed by atoms with Gasteiger partial charge in [0, 0.05) is 17.3 Å². The predicted octanol–water partition coefficient (Wildman–Crippen LogP) is 3.09. The molecular weight excluding hydrogens is 388 g/mol. The molecule has 3 rings (SSSR count). The van der Waals surface area contributed by atoms with Gasteiger partial charge in [0.15, 0.2) is 0 Å². The lowest BCUT2D eigenvalue weighted by atomic mass is 10.0. The molecule has 1 amide bonds. The van der Waals surface area contributed by atoms with Gasteiger partial charge in [0.25, 0.3) is 0 Å². The fourth-order valence-electron chi connectivity index (χ4n) is 3.24. The first-order valence-electron chi connectivity index (χ1n) is 8.51. The molecule has 144 valence electrons. The molecule has 1 aliphatic rings. The van der Waals surface area contributed by atoms with Crippen LogP contribution in [0.4, 0.5) is 11.4 Å². The molecule has 0 radical (unpaired) electrons. The Morgan fingerprint density at radius 1 is 1.26 bits per heavy atom. The number of sulfonamides is 1. The molecule has 0 bridgehead atoms. The number of hydrogen-bond acceptors (Lipinski definition) is 4. The number of methoxy groups -OCH3 is 1. The first-order valence-corrected chi connectivity index (χ1v) is 10.7. The van der Waals surface area contributed by atoms with Crippen LogP contribution >= 0.6 is 11.6 Å². The third-order valence-electron chi connectivity index (χ3n) is 4.50. The summed E-state index contributed by atoms with van der Waals surface area (Å²) < 4.78 is 31.2. The van der Waals surface area contributed by atoms with Gasteiger partial charge >= 0.3 is 0 Å². The van der Waals surface area contributed by atoms with Crippen molar-refractivity contribution in [3.63, 3.8) is 0 Å². The molecule has 0 saturated carbocycles. The van der Waals surface area contributed by atoms with Crippen LogP contribution in [-0.4, -0.2) is 40.8 Å². The van der Waals surface area contributed by atoms with E-state index >= 15 is 0 Å². The topological polar surface area (TPSA) is 66.9 Å². The fourth-order valence-corrected chi connectivity index (χ4v) is 4.25. The van der Waals surface area contributed by atoms with E-state index in [1.165, 1.54) is 13.2 Å². The molecule has 0 unspecified atom stereocenters. The van der Waals surface area contributed by atoms with E-state index in [9.17, 15) is 13.2 Å². The highest BCUT2D eigenvalue weighted by Gasteiger charge is 2.29. The Labute approximate surface area is 164 Å². The number of hydrogen-bond donors (Lipinski definition) is 0. The van der Waals surface area contributed by atoms with E-state index in [0.29, 0.717) is 17.3 Å². The number of anilines is 2. The predicted molar refractivity (Wildman–Crippen MR) is 107 cm³/mol. The Balaban J connectivity index is 1.96. The number of fused-ring (bicyclic) bond motifs is 1. The van der Waals surface area contributed by atoms with Crippen molar-refractivity contribution in [3.05, 3.63) is 53.1 Å². The van der Waals surface area contributed by atoms with Gasteiger partial charge < -0.3 is 9.64 Å². The molecule has 6 nitrogen and oxygen atoms in total. The van der Waals surface area contributed by atoms with Crippen molar-refractivity contribution in [1.82, 2.24) is 0 Å². The average molecular weight is 409 g/mol. The second kappa shape index (κ2) is 7.78. The largest absolute Gasteiger partial charge is 0.495 e. The average Bonchev–Trinajstić information content (AvgIpc) is 2.64. The smallest absolute Gasteiger partial charge is 0.247 e. The lowest BCUT2D eigenvalue weighted by molar-refractivity contribution is -0.117. The highest BCUT2D eigenvalue weighted by atomic mass is 35.5. The van der Waals surface area contributed by atoms with Crippen molar-refractivity contribution in [2.45, 2.75) is 12.8 Å². The molecule has 27 heavy (non-hydrogen) atoms. The van der Waals surface area contributed by atoms with Crippen molar-refractivity contribution in [2.24, 2.45) is 0 Å². The van der Waals surface area contributed by atoms with Gasteiger partial charge in [-0.3, -0.25) is 9.10 Å². The molecule has 8 heteroatoms. The summed E-state index contributed by atoms with van der Waals surface area (Å²) in [4.78, 5) is 14.7. The van der Waals surface area contributed by atoms with Crippen LogP contribution in [0, 0.1) is 0 Å². The monoisotopic (exact) mass is 408 g/mol.